The number of hydrogen-bond donors (Lipinski definition) is 0. The quantitative estimate of drug-likeness (QED) is 0.208. The monoisotopic (exact) mass is 508 g/mol. The van der Waals surface area contributed by atoms with Gasteiger partial charge in [0, 0.05) is 0 Å². The van der Waals surface area contributed by atoms with Crippen molar-refractivity contribution in [2.75, 3.05) is 0 Å². The smallest absolute Gasteiger partial charge is 0.00201 e. The van der Waals surface area contributed by atoms with Crippen molar-refractivity contribution in [3.05, 3.63) is 162 Å². The van der Waals surface area contributed by atoms with Crippen LogP contribution in [0.3, 0.4) is 0 Å². The molecule has 1 aliphatic rings. The summed E-state index contributed by atoms with van der Waals surface area (Å²) >= 11 is 0. The van der Waals surface area contributed by atoms with E-state index in [2.05, 4.69) is 146 Å². The van der Waals surface area contributed by atoms with Gasteiger partial charge in [-0.05, 0) is 89.7 Å². The molecule has 0 saturated carbocycles. The summed E-state index contributed by atoms with van der Waals surface area (Å²) in [6.07, 6.45) is 4.63. The highest BCUT2D eigenvalue weighted by Gasteiger charge is 2.20. The van der Waals surface area contributed by atoms with Crippen LogP contribution in [-0.4, -0.2) is 0 Å². The Kier molecular flexibility index (Phi) is 5.38. The van der Waals surface area contributed by atoms with Crippen LogP contribution in [0.2, 0.25) is 0 Å². The Bertz CT molecular complexity index is 2040. The van der Waals surface area contributed by atoms with Crippen molar-refractivity contribution in [3.8, 4) is 22.3 Å². The lowest BCUT2D eigenvalue weighted by Crippen LogP contribution is -2.01. The van der Waals surface area contributed by atoms with E-state index in [1.165, 1.54) is 76.8 Å². The van der Waals surface area contributed by atoms with Crippen LogP contribution in [0.25, 0.3) is 60.1 Å². The maximum absolute atomic E-state index is 2.43. The van der Waals surface area contributed by atoms with Gasteiger partial charge < -0.3 is 0 Å². The molecule has 7 aromatic rings. The summed E-state index contributed by atoms with van der Waals surface area (Å²) in [6.45, 7) is 0. The molecule has 7 aromatic carbocycles. The van der Waals surface area contributed by atoms with Gasteiger partial charge in [0.15, 0.2) is 0 Å². The molecule has 0 aromatic heterocycles. The number of benzene rings is 7. The van der Waals surface area contributed by atoms with Gasteiger partial charge in [-0.25, -0.2) is 0 Å². The number of hydrogen-bond acceptors (Lipinski definition) is 0. The van der Waals surface area contributed by atoms with Gasteiger partial charge in [0.2, 0.25) is 0 Å². The maximum atomic E-state index is 2.43. The Hall–Kier alpha value is -4.94. The Balaban J connectivity index is 1.45. The zero-order valence-corrected chi connectivity index (χ0v) is 22.3. The number of allylic oxidation sites excluding steroid dienone is 1. The highest BCUT2D eigenvalue weighted by atomic mass is 14.2. The van der Waals surface area contributed by atoms with E-state index >= 15 is 0 Å². The van der Waals surface area contributed by atoms with Crippen LogP contribution in [0.15, 0.2) is 146 Å². The van der Waals surface area contributed by atoms with Gasteiger partial charge in [-0.15, -0.1) is 0 Å². The molecule has 0 spiro atoms. The fraction of sp³-hybridized carbons (Fsp3) is 0.0500. The molecule has 0 heterocycles. The molecule has 0 saturated heterocycles. The Morgan fingerprint density at radius 1 is 0.350 bits per heavy atom. The number of aryl methyl sites for hydroxylation is 1. The minimum atomic E-state index is 1.08. The van der Waals surface area contributed by atoms with Crippen LogP contribution in [0.4, 0.5) is 0 Å². The van der Waals surface area contributed by atoms with E-state index in [-0.39, 0.29) is 0 Å². The minimum Gasteiger partial charge on any atom is -0.0757 e. The first-order valence-corrected chi connectivity index (χ1v) is 14.2. The summed E-state index contributed by atoms with van der Waals surface area (Å²) < 4.78 is 0. The molecule has 0 unspecified atom stereocenters. The molecule has 0 nitrogen and oxygen atoms in total. The summed E-state index contributed by atoms with van der Waals surface area (Å²) in [7, 11) is 0. The molecule has 0 heteroatoms. The van der Waals surface area contributed by atoms with Crippen LogP contribution in [-0.2, 0) is 6.42 Å². The van der Waals surface area contributed by atoms with Gasteiger partial charge >= 0.3 is 0 Å². The third-order valence-corrected chi connectivity index (χ3v) is 8.55. The lowest BCUT2D eigenvalue weighted by molar-refractivity contribution is 0.978. The van der Waals surface area contributed by atoms with E-state index in [0.29, 0.717) is 0 Å². The second-order valence-corrected chi connectivity index (χ2v) is 10.7. The standard InChI is InChI=1S/C40H28/c1-2-14-28(15-3-1)39-34-20-8-10-22-36(34)40(37-23-11-9-21-35(37)39)38-26-25-33(31-18-6-7-19-32(31)38)30-24-12-16-27-13-4-5-17-29(27)30/h1-11,13-15,17-26H,12,16H2. The first-order valence-electron chi connectivity index (χ1n) is 14.2. The van der Waals surface area contributed by atoms with Crippen LogP contribution in [0.1, 0.15) is 23.1 Å². The summed E-state index contributed by atoms with van der Waals surface area (Å²) in [5.74, 6) is 0. The maximum Gasteiger partial charge on any atom is -0.00201 e. The van der Waals surface area contributed by atoms with Crippen LogP contribution >= 0.6 is 0 Å². The lowest BCUT2D eigenvalue weighted by atomic mass is 9.82. The molecule has 8 rings (SSSR count). The molecule has 0 fully saturated rings. The first-order chi connectivity index (χ1) is 19.9. The molecule has 0 radical (unpaired) electrons. The van der Waals surface area contributed by atoms with Crippen LogP contribution in [0.5, 0.6) is 0 Å². The molecule has 1 aliphatic carbocycles. The molecule has 0 bridgehead atoms. The van der Waals surface area contributed by atoms with E-state index in [4.69, 9.17) is 0 Å². The second-order valence-electron chi connectivity index (χ2n) is 10.7. The van der Waals surface area contributed by atoms with Gasteiger partial charge in [-0.2, -0.15) is 0 Å². The van der Waals surface area contributed by atoms with E-state index in [0.717, 1.165) is 12.8 Å². The van der Waals surface area contributed by atoms with Gasteiger partial charge in [0.1, 0.15) is 0 Å². The summed E-state index contributed by atoms with van der Waals surface area (Å²) in [4.78, 5) is 0. The summed E-state index contributed by atoms with van der Waals surface area (Å²) in [5.41, 5.74) is 10.7. The van der Waals surface area contributed by atoms with E-state index in [9.17, 15) is 0 Å². The largest absolute Gasteiger partial charge is 0.0757 e. The van der Waals surface area contributed by atoms with Gasteiger partial charge in [0.25, 0.3) is 0 Å². The third kappa shape index (κ3) is 3.53. The molecule has 0 amide bonds. The molecule has 188 valence electrons. The van der Waals surface area contributed by atoms with Gasteiger partial charge in [-0.1, -0.05) is 146 Å². The van der Waals surface area contributed by atoms with Crippen molar-refractivity contribution in [3.63, 3.8) is 0 Å². The predicted molar refractivity (Wildman–Crippen MR) is 172 cm³/mol. The van der Waals surface area contributed by atoms with Crippen molar-refractivity contribution in [1.82, 2.24) is 0 Å². The summed E-state index contributed by atoms with van der Waals surface area (Å²) in [5, 5.41) is 7.77. The van der Waals surface area contributed by atoms with Crippen molar-refractivity contribution < 1.29 is 0 Å². The Labute approximate surface area is 234 Å². The highest BCUT2D eigenvalue weighted by Crippen LogP contribution is 2.46. The van der Waals surface area contributed by atoms with E-state index < -0.39 is 0 Å². The summed E-state index contributed by atoms with van der Waals surface area (Å²) in [6, 6.07) is 51.3. The fourth-order valence-corrected chi connectivity index (χ4v) is 6.82. The second kappa shape index (κ2) is 9.36. The van der Waals surface area contributed by atoms with Crippen molar-refractivity contribution in [2.45, 2.75) is 12.8 Å². The first kappa shape index (κ1) is 23.0. The third-order valence-electron chi connectivity index (χ3n) is 8.55. The van der Waals surface area contributed by atoms with Crippen molar-refractivity contribution in [2.24, 2.45) is 0 Å². The van der Waals surface area contributed by atoms with Crippen LogP contribution < -0.4 is 0 Å². The fourth-order valence-electron chi connectivity index (χ4n) is 6.82. The Morgan fingerprint density at radius 3 is 1.52 bits per heavy atom. The number of rotatable bonds is 3. The Morgan fingerprint density at radius 2 is 0.850 bits per heavy atom. The minimum absolute atomic E-state index is 1.08. The highest BCUT2D eigenvalue weighted by molar-refractivity contribution is 6.24. The van der Waals surface area contributed by atoms with E-state index in [1.54, 1.807) is 0 Å². The van der Waals surface area contributed by atoms with Crippen molar-refractivity contribution >= 4 is 37.9 Å². The van der Waals surface area contributed by atoms with Gasteiger partial charge in [0.05, 0.1) is 0 Å². The number of fused-ring (bicyclic) bond motifs is 4. The molecular weight excluding hydrogens is 480 g/mol. The normalized spacial score (nSPS) is 12.9. The predicted octanol–water partition coefficient (Wildman–Crippen LogP) is 10.9. The zero-order chi connectivity index (χ0) is 26.5. The average molecular weight is 509 g/mol. The average Bonchev–Trinajstić information content (AvgIpc) is 3.03. The lowest BCUT2D eigenvalue weighted by Gasteiger charge is -2.22. The molecule has 0 N–H and O–H groups in total. The van der Waals surface area contributed by atoms with Gasteiger partial charge in [-0.3, -0.25) is 0 Å². The molecular formula is C40H28. The topological polar surface area (TPSA) is 0 Å². The molecule has 40 heavy (non-hydrogen) atoms. The van der Waals surface area contributed by atoms with Crippen LogP contribution in [0, 0.1) is 0 Å². The van der Waals surface area contributed by atoms with Crippen molar-refractivity contribution in [1.29, 1.82) is 0 Å². The molecule has 0 atom stereocenters. The molecule has 0 aliphatic heterocycles. The SMILES string of the molecule is C1=C(c2ccc(-c3c4ccccc4c(-c4ccccc4)c4ccccc34)c3ccccc23)c2ccccc2CC1. The zero-order valence-electron chi connectivity index (χ0n) is 22.3. The van der Waals surface area contributed by atoms with E-state index in [1.807, 2.05) is 0 Å².